The summed E-state index contributed by atoms with van der Waals surface area (Å²) in [6.07, 6.45) is 31.3. The Morgan fingerprint density at radius 2 is 1.09 bits per heavy atom. The average Bonchev–Trinajstić information content (AvgIpc) is 3.44. The summed E-state index contributed by atoms with van der Waals surface area (Å²) in [6, 6.07) is 12.3. The molecular formula is C49H76Br2N2O2. The number of halogens is 2. The first-order valence-electron chi connectivity index (χ1n) is 22.6. The molecule has 0 aliphatic carbocycles. The lowest BCUT2D eigenvalue weighted by Gasteiger charge is -2.28. The molecule has 308 valence electrons. The maximum absolute atomic E-state index is 14.8. The third-order valence-electron chi connectivity index (χ3n) is 11.9. The molecule has 2 aromatic rings. The van der Waals surface area contributed by atoms with Gasteiger partial charge in [0, 0.05) is 51.5 Å². The van der Waals surface area contributed by atoms with E-state index in [-0.39, 0.29) is 5.91 Å². The summed E-state index contributed by atoms with van der Waals surface area (Å²) in [4.78, 5) is 32.5. The highest BCUT2D eigenvalue weighted by molar-refractivity contribution is 9.10. The predicted molar refractivity (Wildman–Crippen MR) is 247 cm³/mol. The van der Waals surface area contributed by atoms with Crippen molar-refractivity contribution in [2.24, 2.45) is 11.8 Å². The maximum Gasteiger partial charge on any atom is 0.259 e. The van der Waals surface area contributed by atoms with Crippen molar-refractivity contribution >= 4 is 66.6 Å². The smallest absolute Gasteiger partial charge is 0.259 e. The highest BCUT2D eigenvalue weighted by Crippen LogP contribution is 2.44. The Hall–Kier alpha value is -1.92. The molecule has 1 aliphatic rings. The minimum absolute atomic E-state index is 0.0369. The molecule has 0 bridgehead atoms. The number of aldehydes is 1. The van der Waals surface area contributed by atoms with Gasteiger partial charge >= 0.3 is 0 Å². The number of nitrogens with zero attached hydrogens (tertiary/aromatic N) is 2. The Balaban J connectivity index is 1.94. The van der Waals surface area contributed by atoms with Gasteiger partial charge in [0.2, 0.25) is 0 Å². The fraction of sp³-hybridized carbons (Fsp3) is 0.673. The molecule has 0 N–H and O–H groups in total. The number of carbonyl (C=O) groups is 2. The lowest BCUT2D eigenvalue weighted by Crippen LogP contribution is -2.32. The van der Waals surface area contributed by atoms with E-state index in [1.807, 2.05) is 29.2 Å². The van der Waals surface area contributed by atoms with E-state index in [1.54, 1.807) is 0 Å². The van der Waals surface area contributed by atoms with Crippen LogP contribution in [0, 0.1) is 11.8 Å². The van der Waals surface area contributed by atoms with Gasteiger partial charge in [-0.3, -0.25) is 9.59 Å². The van der Waals surface area contributed by atoms with Gasteiger partial charge < -0.3 is 9.80 Å². The van der Waals surface area contributed by atoms with Crippen LogP contribution in [0.4, 0.5) is 11.4 Å². The minimum Gasteiger partial charge on any atom is -0.374 e. The van der Waals surface area contributed by atoms with Crippen molar-refractivity contribution in [2.45, 2.75) is 182 Å². The molecule has 6 heteroatoms. The van der Waals surface area contributed by atoms with Gasteiger partial charge in [-0.2, -0.15) is 0 Å². The van der Waals surface area contributed by atoms with Gasteiger partial charge in [0.15, 0.2) is 6.29 Å². The Morgan fingerprint density at radius 1 is 0.636 bits per heavy atom. The summed E-state index contributed by atoms with van der Waals surface area (Å²) < 4.78 is 1.93. The second-order valence-corrected chi connectivity index (χ2v) is 18.4. The summed E-state index contributed by atoms with van der Waals surface area (Å²) in [5.41, 5.74) is 4.68. The standard InChI is InChI=1S/C49H76Br2N2O2/c1-6-10-14-18-20-24-27-39(26-22-16-12-8-3)36-52(5)46-34-41(50)30-32-43(46)45(38-54)48-44-33-31-42(51)35-47(44)53(49(48)55)37-40(28-23-17-13-9-4)29-25-21-19-15-11-7-2/h30-35,38-40H,6-29,36-37H2,1-5H3/b48-45-. The van der Waals surface area contributed by atoms with Crippen LogP contribution < -0.4 is 9.80 Å². The van der Waals surface area contributed by atoms with Crippen LogP contribution in [0.3, 0.4) is 0 Å². The van der Waals surface area contributed by atoms with E-state index in [4.69, 9.17) is 0 Å². The summed E-state index contributed by atoms with van der Waals surface area (Å²) in [7, 11) is 2.18. The van der Waals surface area contributed by atoms with E-state index < -0.39 is 0 Å². The Bertz CT molecular complexity index is 1440. The number of unbranched alkanes of at least 4 members (excludes halogenated alkanes) is 16. The topological polar surface area (TPSA) is 40.6 Å². The highest BCUT2D eigenvalue weighted by Gasteiger charge is 2.37. The highest BCUT2D eigenvalue weighted by atomic mass is 79.9. The largest absolute Gasteiger partial charge is 0.374 e. The zero-order valence-corrected chi connectivity index (χ0v) is 38.7. The molecule has 1 heterocycles. The molecule has 0 spiro atoms. The first-order chi connectivity index (χ1) is 26.8. The van der Waals surface area contributed by atoms with Gasteiger partial charge in [-0.1, -0.05) is 200 Å². The van der Waals surface area contributed by atoms with Crippen LogP contribution >= 0.6 is 31.9 Å². The second-order valence-electron chi connectivity index (χ2n) is 16.6. The van der Waals surface area contributed by atoms with E-state index in [0.29, 0.717) is 29.5 Å². The number of rotatable bonds is 31. The molecule has 55 heavy (non-hydrogen) atoms. The molecule has 0 fully saturated rings. The number of amides is 1. The van der Waals surface area contributed by atoms with Gasteiger partial charge in [0.05, 0.1) is 11.3 Å². The molecule has 1 aliphatic heterocycles. The number of hydrogen-bond donors (Lipinski definition) is 0. The first kappa shape index (κ1) is 47.5. The molecule has 0 saturated heterocycles. The van der Waals surface area contributed by atoms with Crippen molar-refractivity contribution in [3.63, 3.8) is 0 Å². The monoisotopic (exact) mass is 882 g/mol. The molecule has 2 unspecified atom stereocenters. The summed E-state index contributed by atoms with van der Waals surface area (Å²) in [6.45, 7) is 10.7. The number of anilines is 2. The molecule has 0 radical (unpaired) electrons. The molecule has 4 nitrogen and oxygen atoms in total. The third-order valence-corrected chi connectivity index (χ3v) is 12.9. The number of benzene rings is 2. The fourth-order valence-corrected chi connectivity index (χ4v) is 9.29. The molecule has 1 amide bonds. The van der Waals surface area contributed by atoms with Gasteiger partial charge in [-0.25, -0.2) is 0 Å². The van der Waals surface area contributed by atoms with Crippen molar-refractivity contribution in [3.8, 4) is 0 Å². The van der Waals surface area contributed by atoms with Crippen molar-refractivity contribution in [1.82, 2.24) is 0 Å². The second kappa shape index (κ2) is 27.7. The quantitative estimate of drug-likeness (QED) is 0.0430. The van der Waals surface area contributed by atoms with Gasteiger partial charge in [0.1, 0.15) is 0 Å². The van der Waals surface area contributed by atoms with Crippen LogP contribution in [0.2, 0.25) is 0 Å². The van der Waals surface area contributed by atoms with Crippen LogP contribution in [0.5, 0.6) is 0 Å². The number of allylic oxidation sites excluding steroid dienone is 1. The van der Waals surface area contributed by atoms with Gasteiger partial charge in [-0.05, 0) is 61.8 Å². The van der Waals surface area contributed by atoms with E-state index in [0.717, 1.165) is 57.1 Å². The predicted octanol–water partition coefficient (Wildman–Crippen LogP) is 15.8. The van der Waals surface area contributed by atoms with Crippen LogP contribution in [-0.4, -0.2) is 32.3 Å². The summed E-state index contributed by atoms with van der Waals surface area (Å²) >= 11 is 7.47. The normalized spacial score (nSPS) is 14.7. The average molecular weight is 885 g/mol. The van der Waals surface area contributed by atoms with Crippen LogP contribution in [-0.2, 0) is 9.59 Å². The summed E-state index contributed by atoms with van der Waals surface area (Å²) in [5.74, 6) is 0.994. The zero-order valence-electron chi connectivity index (χ0n) is 35.5. The molecule has 0 saturated carbocycles. The Labute approximate surface area is 354 Å². The summed E-state index contributed by atoms with van der Waals surface area (Å²) in [5, 5.41) is 0. The van der Waals surface area contributed by atoms with E-state index >= 15 is 0 Å². The number of hydrogen-bond acceptors (Lipinski definition) is 3. The van der Waals surface area contributed by atoms with Crippen molar-refractivity contribution in [1.29, 1.82) is 0 Å². The number of carbonyl (C=O) groups excluding carboxylic acids is 2. The third kappa shape index (κ3) is 16.1. The van der Waals surface area contributed by atoms with E-state index in [1.165, 1.54) is 141 Å². The first-order valence-corrected chi connectivity index (χ1v) is 24.2. The molecule has 2 aromatic carbocycles. The van der Waals surface area contributed by atoms with Crippen LogP contribution in [0.25, 0.3) is 11.1 Å². The van der Waals surface area contributed by atoms with Gasteiger partial charge in [-0.15, -0.1) is 0 Å². The maximum atomic E-state index is 14.8. The molecular weight excluding hydrogens is 808 g/mol. The van der Waals surface area contributed by atoms with Crippen molar-refractivity contribution < 1.29 is 9.59 Å². The van der Waals surface area contributed by atoms with Crippen LogP contribution in [0.15, 0.2) is 45.3 Å². The van der Waals surface area contributed by atoms with Crippen LogP contribution in [0.1, 0.15) is 193 Å². The lowest BCUT2D eigenvalue weighted by molar-refractivity contribution is -0.113. The zero-order chi connectivity index (χ0) is 39.8. The van der Waals surface area contributed by atoms with Crippen molar-refractivity contribution in [3.05, 3.63) is 56.5 Å². The van der Waals surface area contributed by atoms with E-state index in [2.05, 4.69) is 83.6 Å². The van der Waals surface area contributed by atoms with E-state index in [9.17, 15) is 9.59 Å². The SMILES string of the molecule is CCCCCCCCC(CCCCCC)CN(C)c1cc(Br)ccc1/C(C=O)=C1\C(=O)N(CC(CCCCCC)CCCCCCCC)c2cc(Br)ccc21. The molecule has 3 rings (SSSR count). The molecule has 2 atom stereocenters. The Kier molecular flexibility index (Phi) is 23.9. The fourth-order valence-electron chi connectivity index (χ4n) is 8.59. The molecule has 0 aromatic heterocycles. The van der Waals surface area contributed by atoms with Gasteiger partial charge in [0.25, 0.3) is 5.91 Å². The number of fused-ring (bicyclic) bond motifs is 1. The minimum atomic E-state index is -0.0369. The lowest BCUT2D eigenvalue weighted by atomic mass is 9.92. The van der Waals surface area contributed by atoms with Crippen molar-refractivity contribution in [2.75, 3.05) is 29.9 Å². The Morgan fingerprint density at radius 3 is 1.62 bits per heavy atom.